The molecule has 2 aromatic heterocycles. The van der Waals surface area contributed by atoms with Crippen molar-refractivity contribution in [3.8, 4) is 22.5 Å². The van der Waals surface area contributed by atoms with Crippen LogP contribution in [0.15, 0.2) is 59.4 Å². The number of aliphatic hydroxyl groups is 1. The van der Waals surface area contributed by atoms with Gasteiger partial charge in [0.25, 0.3) is 5.56 Å². The van der Waals surface area contributed by atoms with Crippen molar-refractivity contribution in [2.24, 2.45) is 0 Å². The molecule has 0 unspecified atom stereocenters. The number of carbonyl (C=O) groups is 1. The molecule has 2 aliphatic rings. The molecule has 0 saturated carbocycles. The lowest BCUT2D eigenvalue weighted by molar-refractivity contribution is -0.157. The number of benzene rings is 2. The average Bonchev–Trinajstić information content (AvgIpc) is 3.14. The number of hydrogen-bond donors (Lipinski definition) is 2. The summed E-state index contributed by atoms with van der Waals surface area (Å²) in [5, 5.41) is 11.3. The van der Waals surface area contributed by atoms with Crippen molar-refractivity contribution in [2.45, 2.75) is 19.3 Å². The third-order valence-corrected chi connectivity index (χ3v) is 6.06. The van der Waals surface area contributed by atoms with E-state index in [-0.39, 0.29) is 12.2 Å². The van der Waals surface area contributed by atoms with Crippen LogP contribution in [0.25, 0.3) is 33.4 Å². The van der Waals surface area contributed by atoms with E-state index in [9.17, 15) is 14.7 Å². The molecule has 0 bridgehead atoms. The number of nitrogens with two attached hydrogens (primary N) is 1. The number of ether oxygens (including phenoxy) is 1. The van der Waals surface area contributed by atoms with Gasteiger partial charge in [0.1, 0.15) is 6.61 Å². The van der Waals surface area contributed by atoms with Crippen LogP contribution < -0.4 is 11.3 Å². The predicted molar refractivity (Wildman–Crippen MR) is 115 cm³/mol. The second-order valence-electron chi connectivity index (χ2n) is 7.82. The molecule has 0 amide bonds. The molecule has 3 N–H and O–H groups in total. The summed E-state index contributed by atoms with van der Waals surface area (Å²) < 4.78 is 6.61. The van der Waals surface area contributed by atoms with Gasteiger partial charge in [-0.05, 0) is 35.4 Å². The molecule has 31 heavy (non-hydrogen) atoms. The Hall–Kier alpha value is -3.97. The SMILES string of the molecule is Nc1ccc(-c2c3c(nc4ccccc24)-c2cc4c(c(=O)n2C3)COC(=O)[C@H]4O)cc1. The fraction of sp³-hybridized carbons (Fsp3) is 0.125. The van der Waals surface area contributed by atoms with Crippen LogP contribution in [0.1, 0.15) is 22.8 Å². The molecule has 0 saturated heterocycles. The predicted octanol–water partition coefficient (Wildman–Crippen LogP) is 2.76. The van der Waals surface area contributed by atoms with E-state index >= 15 is 0 Å². The van der Waals surface area contributed by atoms with E-state index in [0.29, 0.717) is 34.7 Å². The van der Waals surface area contributed by atoms with Crippen molar-refractivity contribution < 1.29 is 14.6 Å². The Morgan fingerprint density at radius 3 is 2.65 bits per heavy atom. The second kappa shape index (κ2) is 6.26. The maximum absolute atomic E-state index is 13.2. The Kier molecular flexibility index (Phi) is 3.61. The molecule has 0 aliphatic carbocycles. The molecular formula is C24H17N3O4. The first-order valence-electron chi connectivity index (χ1n) is 9.92. The van der Waals surface area contributed by atoms with Gasteiger partial charge in [0.2, 0.25) is 0 Å². The number of esters is 1. The first-order valence-corrected chi connectivity index (χ1v) is 9.92. The zero-order chi connectivity index (χ0) is 21.3. The van der Waals surface area contributed by atoms with Crippen molar-refractivity contribution in [2.75, 3.05) is 5.73 Å². The smallest absolute Gasteiger partial charge is 0.340 e. The van der Waals surface area contributed by atoms with Gasteiger partial charge in [-0.3, -0.25) is 4.79 Å². The van der Waals surface area contributed by atoms with E-state index < -0.39 is 12.1 Å². The summed E-state index contributed by atoms with van der Waals surface area (Å²) in [5.41, 5.74) is 11.9. The lowest BCUT2D eigenvalue weighted by Gasteiger charge is -2.21. The summed E-state index contributed by atoms with van der Waals surface area (Å²) in [7, 11) is 0. The van der Waals surface area contributed by atoms with Crippen LogP contribution in [0.3, 0.4) is 0 Å². The summed E-state index contributed by atoms with van der Waals surface area (Å²) in [6.45, 7) is 0.208. The number of rotatable bonds is 1. The van der Waals surface area contributed by atoms with Crippen LogP contribution in [0.4, 0.5) is 5.69 Å². The maximum Gasteiger partial charge on any atom is 0.340 e. The molecule has 0 fully saturated rings. The van der Waals surface area contributed by atoms with Crippen molar-refractivity contribution in [1.82, 2.24) is 9.55 Å². The van der Waals surface area contributed by atoms with Crippen LogP contribution in [-0.2, 0) is 22.7 Å². The molecule has 4 aromatic rings. The number of pyridine rings is 2. The molecular weight excluding hydrogens is 394 g/mol. The van der Waals surface area contributed by atoms with Crippen LogP contribution in [0, 0.1) is 0 Å². The van der Waals surface area contributed by atoms with Crippen LogP contribution in [0.2, 0.25) is 0 Å². The number of aliphatic hydroxyl groups excluding tert-OH is 1. The van der Waals surface area contributed by atoms with E-state index in [1.807, 2.05) is 48.5 Å². The van der Waals surface area contributed by atoms with Gasteiger partial charge in [-0.2, -0.15) is 0 Å². The van der Waals surface area contributed by atoms with E-state index in [1.54, 1.807) is 10.6 Å². The van der Waals surface area contributed by atoms with Gasteiger partial charge in [0, 0.05) is 22.2 Å². The highest BCUT2D eigenvalue weighted by Gasteiger charge is 2.34. The fourth-order valence-electron chi connectivity index (χ4n) is 4.55. The molecule has 0 radical (unpaired) electrons. The zero-order valence-corrected chi connectivity index (χ0v) is 16.3. The number of hydrogen-bond acceptors (Lipinski definition) is 6. The fourth-order valence-corrected chi connectivity index (χ4v) is 4.55. The highest BCUT2D eigenvalue weighted by Crippen LogP contribution is 2.42. The van der Waals surface area contributed by atoms with Crippen molar-refractivity contribution in [3.63, 3.8) is 0 Å². The van der Waals surface area contributed by atoms with E-state index in [1.165, 1.54) is 0 Å². The number of para-hydroxylation sites is 1. The van der Waals surface area contributed by atoms with Crippen LogP contribution >= 0.6 is 0 Å². The highest BCUT2D eigenvalue weighted by molar-refractivity contribution is 6.00. The van der Waals surface area contributed by atoms with Crippen LogP contribution in [-0.4, -0.2) is 20.6 Å². The summed E-state index contributed by atoms with van der Waals surface area (Å²) in [4.78, 5) is 29.9. The summed E-state index contributed by atoms with van der Waals surface area (Å²) >= 11 is 0. The van der Waals surface area contributed by atoms with E-state index in [2.05, 4.69) is 0 Å². The molecule has 4 heterocycles. The Balaban J connectivity index is 1.68. The third kappa shape index (κ3) is 2.47. The number of fused-ring (bicyclic) bond motifs is 5. The van der Waals surface area contributed by atoms with Gasteiger partial charge in [0.15, 0.2) is 6.10 Å². The lowest BCUT2D eigenvalue weighted by atomic mass is 9.94. The minimum absolute atomic E-state index is 0.138. The number of cyclic esters (lactones) is 1. The number of anilines is 1. The summed E-state index contributed by atoms with van der Waals surface area (Å²) in [6.07, 6.45) is -1.47. The number of carbonyl (C=O) groups excluding carboxylic acids is 1. The Bertz CT molecular complexity index is 1470. The van der Waals surface area contributed by atoms with Gasteiger partial charge in [-0.15, -0.1) is 0 Å². The summed E-state index contributed by atoms with van der Waals surface area (Å²) in [5.74, 6) is -0.746. The average molecular weight is 411 g/mol. The summed E-state index contributed by atoms with van der Waals surface area (Å²) in [6, 6.07) is 17.2. The van der Waals surface area contributed by atoms with Gasteiger partial charge in [0.05, 0.1) is 29.0 Å². The largest absolute Gasteiger partial charge is 0.458 e. The molecule has 2 aliphatic heterocycles. The van der Waals surface area contributed by atoms with Crippen molar-refractivity contribution in [3.05, 3.63) is 81.6 Å². The molecule has 0 spiro atoms. The molecule has 6 rings (SSSR count). The highest BCUT2D eigenvalue weighted by atomic mass is 16.5. The standard InChI is InChI=1S/C24H17N3O4/c25-13-7-5-12(6-8-13)20-14-3-1-2-4-18(14)26-21-16(20)10-27-19(21)9-15-17(23(27)29)11-31-24(30)22(15)28/h1-9,22,28H,10-11,25H2/t22-/m0/s1. The normalized spacial score (nSPS) is 16.5. The maximum atomic E-state index is 13.2. The zero-order valence-electron chi connectivity index (χ0n) is 16.3. The lowest BCUT2D eigenvalue weighted by Crippen LogP contribution is -2.32. The quantitative estimate of drug-likeness (QED) is 0.324. The number of nitrogen functional groups attached to an aromatic ring is 1. The van der Waals surface area contributed by atoms with Crippen molar-refractivity contribution >= 4 is 22.6 Å². The Morgan fingerprint density at radius 2 is 1.84 bits per heavy atom. The topological polar surface area (TPSA) is 107 Å². The van der Waals surface area contributed by atoms with E-state index in [4.69, 9.17) is 15.5 Å². The second-order valence-corrected chi connectivity index (χ2v) is 7.82. The number of nitrogens with zero attached hydrogens (tertiary/aromatic N) is 2. The molecule has 2 aromatic carbocycles. The first-order chi connectivity index (χ1) is 15.0. The first kappa shape index (κ1) is 17.9. The Labute approximate surface area is 176 Å². The molecule has 7 nitrogen and oxygen atoms in total. The molecule has 152 valence electrons. The van der Waals surface area contributed by atoms with Crippen LogP contribution in [0.5, 0.6) is 0 Å². The molecule has 7 heteroatoms. The monoisotopic (exact) mass is 411 g/mol. The number of aromatic nitrogens is 2. The Morgan fingerprint density at radius 1 is 1.06 bits per heavy atom. The minimum atomic E-state index is -1.47. The minimum Gasteiger partial charge on any atom is -0.458 e. The third-order valence-electron chi connectivity index (χ3n) is 6.06. The van der Waals surface area contributed by atoms with Gasteiger partial charge >= 0.3 is 5.97 Å². The van der Waals surface area contributed by atoms with Gasteiger partial charge in [-0.1, -0.05) is 30.3 Å². The van der Waals surface area contributed by atoms with Gasteiger partial charge in [-0.25, -0.2) is 9.78 Å². The van der Waals surface area contributed by atoms with E-state index in [0.717, 1.165) is 27.6 Å². The molecule has 1 atom stereocenters. The van der Waals surface area contributed by atoms with Crippen molar-refractivity contribution in [1.29, 1.82) is 0 Å². The van der Waals surface area contributed by atoms with Gasteiger partial charge < -0.3 is 20.1 Å².